The number of hydrogen-bond donors (Lipinski definition) is 0. The number of alkyl halides is 1. The summed E-state index contributed by atoms with van der Waals surface area (Å²) in [5.74, 6) is 1.37. The smallest absolute Gasteiger partial charge is 0.164 e. The number of benzene rings is 1. The van der Waals surface area contributed by atoms with Crippen LogP contribution in [-0.4, -0.2) is 24.9 Å². The highest BCUT2D eigenvalue weighted by Gasteiger charge is 2.29. The molecule has 0 saturated carbocycles. The van der Waals surface area contributed by atoms with Gasteiger partial charge in [0, 0.05) is 5.41 Å². The number of hydrogen-bond acceptors (Lipinski definition) is 3. The van der Waals surface area contributed by atoms with Crippen molar-refractivity contribution in [2.24, 2.45) is 5.41 Å². The molecule has 0 heterocycles. The first-order chi connectivity index (χ1) is 9.31. The third kappa shape index (κ3) is 4.14. The summed E-state index contributed by atoms with van der Waals surface area (Å²) in [7, 11) is 1.60. The average molecular weight is 299 g/mol. The molecule has 0 aliphatic carbocycles. The normalized spacial score (nSPS) is 12.9. The third-order valence-electron chi connectivity index (χ3n) is 2.99. The lowest BCUT2D eigenvalue weighted by atomic mass is 9.87. The van der Waals surface area contributed by atoms with Crippen LogP contribution in [0.25, 0.3) is 0 Å². The molecule has 0 bridgehead atoms. The van der Waals surface area contributed by atoms with Gasteiger partial charge in [-0.05, 0) is 25.0 Å². The summed E-state index contributed by atoms with van der Waals surface area (Å²) in [5, 5.41) is -0.568. The number of rotatable bonds is 6. The lowest BCUT2D eigenvalue weighted by Crippen LogP contribution is -2.30. The van der Waals surface area contributed by atoms with E-state index in [1.54, 1.807) is 7.11 Å². The van der Waals surface area contributed by atoms with E-state index in [-0.39, 0.29) is 5.78 Å². The molecule has 1 aromatic rings. The summed E-state index contributed by atoms with van der Waals surface area (Å²) in [6.45, 7) is 8.07. The van der Waals surface area contributed by atoms with Gasteiger partial charge in [0.1, 0.15) is 0 Å². The lowest BCUT2D eigenvalue weighted by molar-refractivity contribution is -0.125. The van der Waals surface area contributed by atoms with Crippen molar-refractivity contribution in [3.05, 3.63) is 23.8 Å². The molecule has 0 aromatic heterocycles. The van der Waals surface area contributed by atoms with Gasteiger partial charge < -0.3 is 9.47 Å². The maximum atomic E-state index is 12.2. The average Bonchev–Trinajstić information content (AvgIpc) is 2.38. The predicted octanol–water partition coefficient (Wildman–Crippen LogP) is 3.86. The van der Waals surface area contributed by atoms with E-state index in [9.17, 15) is 4.79 Å². The molecular formula is C16H23ClO3. The van der Waals surface area contributed by atoms with E-state index in [0.29, 0.717) is 24.5 Å². The molecule has 1 unspecified atom stereocenters. The van der Waals surface area contributed by atoms with E-state index < -0.39 is 10.8 Å². The molecule has 1 atom stereocenters. The van der Waals surface area contributed by atoms with Gasteiger partial charge in [0.25, 0.3) is 0 Å². The van der Waals surface area contributed by atoms with E-state index in [1.807, 2.05) is 45.9 Å². The zero-order chi connectivity index (χ0) is 15.3. The number of carbonyl (C=O) groups is 1. The Morgan fingerprint density at radius 1 is 1.35 bits per heavy atom. The molecule has 0 fully saturated rings. The zero-order valence-corrected chi connectivity index (χ0v) is 13.6. The van der Waals surface area contributed by atoms with Gasteiger partial charge in [0.2, 0.25) is 0 Å². The van der Waals surface area contributed by atoms with Crippen LogP contribution < -0.4 is 9.47 Å². The van der Waals surface area contributed by atoms with Crippen molar-refractivity contribution in [3.63, 3.8) is 0 Å². The van der Waals surface area contributed by atoms with Crippen molar-refractivity contribution in [2.75, 3.05) is 13.7 Å². The van der Waals surface area contributed by atoms with E-state index in [1.165, 1.54) is 0 Å². The fraction of sp³-hybridized carbons (Fsp3) is 0.562. The Bertz CT molecular complexity index is 463. The second-order valence-electron chi connectivity index (χ2n) is 5.67. The van der Waals surface area contributed by atoms with Crippen molar-refractivity contribution in [3.8, 4) is 11.5 Å². The van der Waals surface area contributed by atoms with Crippen LogP contribution in [0.15, 0.2) is 18.2 Å². The minimum absolute atomic E-state index is 0.0319. The number of ether oxygens (including phenoxy) is 2. The highest BCUT2D eigenvalue weighted by atomic mass is 35.5. The van der Waals surface area contributed by atoms with Crippen molar-refractivity contribution < 1.29 is 14.3 Å². The van der Waals surface area contributed by atoms with Crippen LogP contribution >= 0.6 is 11.6 Å². The molecule has 3 nitrogen and oxygen atoms in total. The highest BCUT2D eigenvalue weighted by Crippen LogP contribution is 2.33. The molecule has 0 amide bonds. The molecule has 1 rings (SSSR count). The molecule has 4 heteroatoms. The number of methoxy groups -OCH3 is 1. The van der Waals surface area contributed by atoms with Gasteiger partial charge in [-0.3, -0.25) is 4.79 Å². The standard InChI is InChI=1S/C16H23ClO3/c1-6-20-14-11(8-7-9-13(14)19-5)10-12(17)15(18)16(2,3)4/h7-9,12H,6,10H2,1-5H3. The van der Waals surface area contributed by atoms with E-state index >= 15 is 0 Å². The predicted molar refractivity (Wildman–Crippen MR) is 82.0 cm³/mol. The molecule has 112 valence electrons. The van der Waals surface area contributed by atoms with Gasteiger partial charge in [-0.1, -0.05) is 32.9 Å². The van der Waals surface area contributed by atoms with Gasteiger partial charge in [-0.25, -0.2) is 0 Å². The molecule has 0 N–H and O–H groups in total. The molecule has 20 heavy (non-hydrogen) atoms. The van der Waals surface area contributed by atoms with Gasteiger partial charge in [0.15, 0.2) is 17.3 Å². The first-order valence-corrected chi connectivity index (χ1v) is 7.22. The number of Topliss-reactive ketones (excluding diaryl/α,β-unsaturated/α-hetero) is 1. The number of para-hydroxylation sites is 1. The fourth-order valence-corrected chi connectivity index (χ4v) is 2.44. The second kappa shape index (κ2) is 6.98. The fourth-order valence-electron chi connectivity index (χ4n) is 1.95. The van der Waals surface area contributed by atoms with E-state index in [0.717, 1.165) is 5.56 Å². The van der Waals surface area contributed by atoms with E-state index in [4.69, 9.17) is 21.1 Å². The molecule has 1 aromatic carbocycles. The SMILES string of the molecule is CCOc1c(CC(Cl)C(=O)C(C)(C)C)cccc1OC. The third-order valence-corrected chi connectivity index (χ3v) is 3.34. The molecule has 0 saturated heterocycles. The summed E-state index contributed by atoms with van der Waals surface area (Å²) in [4.78, 5) is 12.2. The zero-order valence-electron chi connectivity index (χ0n) is 12.8. The summed E-state index contributed by atoms with van der Waals surface area (Å²) < 4.78 is 10.9. The number of ketones is 1. The van der Waals surface area contributed by atoms with E-state index in [2.05, 4.69) is 0 Å². The summed E-state index contributed by atoms with van der Waals surface area (Å²) in [6, 6.07) is 5.63. The summed E-state index contributed by atoms with van der Waals surface area (Å²) >= 11 is 6.27. The van der Waals surface area contributed by atoms with Crippen LogP contribution in [0, 0.1) is 5.41 Å². The first-order valence-electron chi connectivity index (χ1n) is 6.78. The van der Waals surface area contributed by atoms with Crippen molar-refractivity contribution >= 4 is 17.4 Å². The number of carbonyl (C=O) groups excluding carboxylic acids is 1. The Hall–Kier alpha value is -1.22. The molecule has 0 aliphatic rings. The molecule has 0 aliphatic heterocycles. The molecule has 0 spiro atoms. The topological polar surface area (TPSA) is 35.5 Å². The Balaban J connectivity index is 3.00. The maximum absolute atomic E-state index is 12.2. The quantitative estimate of drug-likeness (QED) is 0.748. The largest absolute Gasteiger partial charge is 0.493 e. The van der Waals surface area contributed by atoms with Crippen molar-refractivity contribution in [2.45, 2.75) is 39.5 Å². The lowest BCUT2D eigenvalue weighted by Gasteiger charge is -2.21. The Kier molecular flexibility index (Phi) is 5.88. The van der Waals surface area contributed by atoms with Crippen molar-refractivity contribution in [1.82, 2.24) is 0 Å². The minimum Gasteiger partial charge on any atom is -0.493 e. The molecule has 0 radical (unpaired) electrons. The monoisotopic (exact) mass is 298 g/mol. The number of halogens is 1. The molecular weight excluding hydrogens is 276 g/mol. The Labute approximate surface area is 126 Å². The van der Waals surface area contributed by atoms with Crippen LogP contribution in [0.2, 0.25) is 0 Å². The van der Waals surface area contributed by atoms with Crippen LogP contribution in [0.5, 0.6) is 11.5 Å². The maximum Gasteiger partial charge on any atom is 0.164 e. The minimum atomic E-state index is -0.568. The van der Waals surface area contributed by atoms with Crippen LogP contribution in [0.3, 0.4) is 0 Å². The van der Waals surface area contributed by atoms with Crippen molar-refractivity contribution in [1.29, 1.82) is 0 Å². The Morgan fingerprint density at radius 3 is 2.50 bits per heavy atom. The van der Waals surface area contributed by atoms with Gasteiger partial charge in [-0.2, -0.15) is 0 Å². The summed E-state index contributed by atoms with van der Waals surface area (Å²) in [6.07, 6.45) is 0.435. The van der Waals surface area contributed by atoms with Gasteiger partial charge >= 0.3 is 0 Å². The summed E-state index contributed by atoms with van der Waals surface area (Å²) in [5.41, 5.74) is 0.445. The second-order valence-corrected chi connectivity index (χ2v) is 6.19. The van der Waals surface area contributed by atoms with Gasteiger partial charge in [-0.15, -0.1) is 11.6 Å². The van der Waals surface area contributed by atoms with Crippen LogP contribution in [0.1, 0.15) is 33.3 Å². The Morgan fingerprint density at radius 2 is 2.00 bits per heavy atom. The van der Waals surface area contributed by atoms with Crippen LogP contribution in [-0.2, 0) is 11.2 Å². The highest BCUT2D eigenvalue weighted by molar-refractivity contribution is 6.31. The van der Waals surface area contributed by atoms with Crippen LogP contribution in [0.4, 0.5) is 0 Å². The first kappa shape index (κ1) is 16.8. The van der Waals surface area contributed by atoms with Gasteiger partial charge in [0.05, 0.1) is 19.1 Å².